The van der Waals surface area contributed by atoms with E-state index in [1.807, 2.05) is 24.3 Å². The number of carbonyl (C=O) groups excluding carboxylic acids is 2. The van der Waals surface area contributed by atoms with E-state index in [1.54, 1.807) is 53.5 Å². The number of para-hydroxylation sites is 2. The Morgan fingerprint density at radius 3 is 2.26 bits per heavy atom. The van der Waals surface area contributed by atoms with Gasteiger partial charge < -0.3 is 20.7 Å². The summed E-state index contributed by atoms with van der Waals surface area (Å²) in [6.45, 7) is 2.01. The molecule has 0 atom stereocenters. The van der Waals surface area contributed by atoms with Gasteiger partial charge in [0.2, 0.25) is 5.91 Å². The molecule has 3 aromatic rings. The number of hydrogen-bond donors (Lipinski definition) is 2. The van der Waals surface area contributed by atoms with Crippen LogP contribution in [-0.2, 0) is 14.3 Å². The van der Waals surface area contributed by atoms with Crippen LogP contribution in [0.1, 0.15) is 16.7 Å². The molecule has 1 heterocycles. The maximum Gasteiger partial charge on any atom is 0.254 e. The molecule has 1 saturated heterocycles. The molecule has 3 N–H and O–H groups in total. The van der Waals surface area contributed by atoms with Crippen LogP contribution >= 0.6 is 0 Å². The fourth-order valence-electron chi connectivity index (χ4n) is 3.66. The van der Waals surface area contributed by atoms with Crippen molar-refractivity contribution >= 4 is 40.9 Å². The lowest BCUT2D eigenvalue weighted by Gasteiger charge is -2.28. The summed E-state index contributed by atoms with van der Waals surface area (Å²) in [4.78, 5) is 27.2. The summed E-state index contributed by atoms with van der Waals surface area (Å²) in [5, 5.41) is 2.75. The molecule has 1 aliphatic rings. The molecular weight excluding hydrogens is 445 g/mol. The maximum absolute atomic E-state index is 13.5. The summed E-state index contributed by atoms with van der Waals surface area (Å²) in [6, 6.07) is 20.4. The average Bonchev–Trinajstić information content (AvgIpc) is 2.89. The maximum atomic E-state index is 13.5. The number of morpholine rings is 1. The summed E-state index contributed by atoms with van der Waals surface area (Å²) in [7, 11) is 0. The second kappa shape index (κ2) is 11.3. The third kappa shape index (κ3) is 6.43. The van der Waals surface area contributed by atoms with E-state index < -0.39 is 0 Å². The van der Waals surface area contributed by atoms with Gasteiger partial charge in [0, 0.05) is 24.7 Å². The fraction of sp³-hybridized carbons (Fsp3) is 0.143. The van der Waals surface area contributed by atoms with Crippen LogP contribution in [0.15, 0.2) is 78.9 Å². The Balaban J connectivity index is 1.51. The molecule has 0 spiro atoms. The van der Waals surface area contributed by atoms with Crippen LogP contribution in [0.3, 0.4) is 0 Å². The highest BCUT2D eigenvalue weighted by Crippen LogP contribution is 2.23. The summed E-state index contributed by atoms with van der Waals surface area (Å²) >= 11 is 0. The zero-order valence-corrected chi connectivity index (χ0v) is 19.1. The molecule has 0 aromatic heterocycles. The van der Waals surface area contributed by atoms with Crippen molar-refractivity contribution in [1.29, 1.82) is 0 Å². The standard InChI is InChI=1S/C28H26FN3O3/c29-23-12-10-22(11-13-23)24(28(34)32-15-17-35-18-16-32)19-21-7-5-20(6-8-21)9-14-27(33)31-26-4-2-1-3-25(26)30/h1-14,19H,15-18,30H2,(H,31,33)/b14-9+,24-19?. The van der Waals surface area contributed by atoms with Crippen molar-refractivity contribution in [2.45, 2.75) is 0 Å². The van der Waals surface area contributed by atoms with Crippen LogP contribution in [0.25, 0.3) is 17.7 Å². The molecule has 6 nitrogen and oxygen atoms in total. The molecule has 4 rings (SSSR count). The SMILES string of the molecule is Nc1ccccc1NC(=O)/C=C/c1ccc(C=C(C(=O)N2CCOCC2)c2ccc(F)cc2)cc1. The predicted octanol–water partition coefficient (Wildman–Crippen LogP) is 4.46. The van der Waals surface area contributed by atoms with E-state index >= 15 is 0 Å². The fourth-order valence-corrected chi connectivity index (χ4v) is 3.66. The van der Waals surface area contributed by atoms with Gasteiger partial charge in [0.15, 0.2) is 0 Å². The van der Waals surface area contributed by atoms with Gasteiger partial charge in [-0.3, -0.25) is 9.59 Å². The van der Waals surface area contributed by atoms with Crippen molar-refractivity contribution in [1.82, 2.24) is 4.90 Å². The number of nitrogens with zero attached hydrogens (tertiary/aromatic N) is 1. The molecular formula is C28H26FN3O3. The predicted molar refractivity (Wildman–Crippen MR) is 137 cm³/mol. The van der Waals surface area contributed by atoms with Gasteiger partial charge in [-0.05, 0) is 53.1 Å². The van der Waals surface area contributed by atoms with Crippen molar-refractivity contribution in [2.75, 3.05) is 37.4 Å². The van der Waals surface area contributed by atoms with Gasteiger partial charge in [-0.1, -0.05) is 48.5 Å². The van der Waals surface area contributed by atoms with Crippen molar-refractivity contribution in [2.24, 2.45) is 0 Å². The van der Waals surface area contributed by atoms with Gasteiger partial charge in [0.1, 0.15) is 5.82 Å². The molecule has 1 aliphatic heterocycles. The minimum Gasteiger partial charge on any atom is -0.397 e. The Labute approximate surface area is 203 Å². The second-order valence-corrected chi connectivity index (χ2v) is 8.05. The van der Waals surface area contributed by atoms with Crippen LogP contribution < -0.4 is 11.1 Å². The number of nitrogens with two attached hydrogens (primary N) is 1. The zero-order chi connectivity index (χ0) is 24.6. The number of hydrogen-bond acceptors (Lipinski definition) is 4. The monoisotopic (exact) mass is 471 g/mol. The van der Waals surface area contributed by atoms with Gasteiger partial charge in [-0.25, -0.2) is 4.39 Å². The molecule has 0 aliphatic carbocycles. The first kappa shape index (κ1) is 23.9. The highest BCUT2D eigenvalue weighted by atomic mass is 19.1. The van der Waals surface area contributed by atoms with Crippen molar-refractivity contribution < 1.29 is 18.7 Å². The number of nitrogens with one attached hydrogen (secondary N) is 1. The van der Waals surface area contributed by atoms with Gasteiger partial charge >= 0.3 is 0 Å². The number of carbonyl (C=O) groups is 2. The van der Waals surface area contributed by atoms with Crippen LogP contribution in [-0.4, -0.2) is 43.0 Å². The Morgan fingerprint density at radius 1 is 0.914 bits per heavy atom. The van der Waals surface area contributed by atoms with Gasteiger partial charge in [-0.2, -0.15) is 0 Å². The third-order valence-corrected chi connectivity index (χ3v) is 5.58. The topological polar surface area (TPSA) is 84.7 Å². The van der Waals surface area contributed by atoms with Crippen LogP contribution in [0.2, 0.25) is 0 Å². The number of nitrogen functional groups attached to an aromatic ring is 1. The van der Waals surface area contributed by atoms with E-state index in [0.29, 0.717) is 48.8 Å². The summed E-state index contributed by atoms with van der Waals surface area (Å²) in [5.41, 5.74) is 9.66. The smallest absolute Gasteiger partial charge is 0.254 e. The van der Waals surface area contributed by atoms with Crippen LogP contribution in [0, 0.1) is 5.82 Å². The van der Waals surface area contributed by atoms with Crippen LogP contribution in [0.4, 0.5) is 15.8 Å². The van der Waals surface area contributed by atoms with E-state index in [4.69, 9.17) is 10.5 Å². The minimum absolute atomic E-state index is 0.124. The summed E-state index contributed by atoms with van der Waals surface area (Å²) < 4.78 is 18.8. The Kier molecular flexibility index (Phi) is 7.70. The Morgan fingerprint density at radius 2 is 1.57 bits per heavy atom. The molecule has 0 saturated carbocycles. The third-order valence-electron chi connectivity index (χ3n) is 5.58. The number of rotatable bonds is 6. The molecule has 2 amide bonds. The Bertz CT molecular complexity index is 1250. The van der Waals surface area contributed by atoms with Crippen LogP contribution in [0.5, 0.6) is 0 Å². The highest BCUT2D eigenvalue weighted by Gasteiger charge is 2.22. The van der Waals surface area contributed by atoms with E-state index in [1.165, 1.54) is 18.2 Å². The van der Waals surface area contributed by atoms with Gasteiger partial charge in [0.05, 0.1) is 24.6 Å². The number of benzene rings is 3. The quantitative estimate of drug-likeness (QED) is 0.316. The van der Waals surface area contributed by atoms with E-state index in [0.717, 1.165) is 11.1 Å². The molecule has 1 fully saturated rings. The first-order chi connectivity index (χ1) is 17.0. The number of amides is 2. The molecule has 35 heavy (non-hydrogen) atoms. The Hall–Kier alpha value is -4.23. The number of anilines is 2. The second-order valence-electron chi connectivity index (χ2n) is 8.05. The van der Waals surface area contributed by atoms with Gasteiger partial charge in [0.25, 0.3) is 5.91 Å². The first-order valence-corrected chi connectivity index (χ1v) is 11.3. The lowest BCUT2D eigenvalue weighted by molar-refractivity contribution is -0.128. The molecule has 0 radical (unpaired) electrons. The zero-order valence-electron chi connectivity index (χ0n) is 19.1. The van der Waals surface area contributed by atoms with E-state index in [2.05, 4.69) is 5.32 Å². The molecule has 0 unspecified atom stereocenters. The lowest BCUT2D eigenvalue weighted by atomic mass is 10.0. The molecule has 178 valence electrons. The van der Waals surface area contributed by atoms with Gasteiger partial charge in [-0.15, -0.1) is 0 Å². The molecule has 7 heteroatoms. The van der Waals surface area contributed by atoms with Crippen molar-refractivity contribution in [3.8, 4) is 0 Å². The van der Waals surface area contributed by atoms with Crippen molar-refractivity contribution in [3.63, 3.8) is 0 Å². The van der Waals surface area contributed by atoms with E-state index in [-0.39, 0.29) is 17.6 Å². The lowest BCUT2D eigenvalue weighted by Crippen LogP contribution is -2.41. The van der Waals surface area contributed by atoms with Crippen molar-refractivity contribution in [3.05, 3.63) is 101 Å². The van der Waals surface area contributed by atoms with E-state index in [9.17, 15) is 14.0 Å². The first-order valence-electron chi connectivity index (χ1n) is 11.3. The summed E-state index contributed by atoms with van der Waals surface area (Å²) in [5.74, 6) is -0.774. The largest absolute Gasteiger partial charge is 0.397 e. The molecule has 0 bridgehead atoms. The number of halogens is 1. The summed E-state index contributed by atoms with van der Waals surface area (Å²) in [6.07, 6.45) is 4.92. The highest BCUT2D eigenvalue weighted by molar-refractivity contribution is 6.24. The molecule has 3 aromatic carbocycles. The average molecular weight is 472 g/mol. The minimum atomic E-state index is -0.359. The normalized spacial score (nSPS) is 14.2. The number of ether oxygens (including phenoxy) is 1.